The molecule has 1 aromatic carbocycles. The maximum atomic E-state index is 12.2. The van der Waals surface area contributed by atoms with E-state index < -0.39 is 6.10 Å². The molecule has 0 radical (unpaired) electrons. The summed E-state index contributed by atoms with van der Waals surface area (Å²) < 4.78 is 3.41. The van der Waals surface area contributed by atoms with Crippen LogP contribution in [0.4, 0.5) is 0 Å². The molecule has 2 N–H and O–H groups in total. The summed E-state index contributed by atoms with van der Waals surface area (Å²) in [5.41, 5.74) is 1.85. The molecule has 6 heteroatoms. The molecule has 0 saturated carbocycles. The molecule has 0 spiro atoms. The second kappa shape index (κ2) is 7.36. The lowest BCUT2D eigenvalue weighted by Gasteiger charge is -2.13. The average molecular weight is 339 g/mol. The van der Waals surface area contributed by atoms with Crippen LogP contribution in [0.15, 0.2) is 59.7 Å². The van der Waals surface area contributed by atoms with E-state index in [0.717, 1.165) is 16.5 Å². The Morgan fingerprint density at radius 2 is 1.96 bits per heavy atom. The molecule has 3 aromatic rings. The highest BCUT2D eigenvalue weighted by atomic mass is 16.3. The van der Waals surface area contributed by atoms with Crippen molar-refractivity contribution in [2.45, 2.75) is 19.1 Å². The Bertz CT molecular complexity index is 942. The molecule has 2 heterocycles. The minimum Gasteiger partial charge on any atom is -0.389 e. The molecule has 1 atom stereocenters. The summed E-state index contributed by atoms with van der Waals surface area (Å²) in [7, 11) is 1.95. The highest BCUT2D eigenvalue weighted by molar-refractivity contribution is 5.89. The van der Waals surface area contributed by atoms with Gasteiger partial charge in [-0.2, -0.15) is 0 Å². The van der Waals surface area contributed by atoms with Gasteiger partial charge in [0.25, 0.3) is 5.56 Å². The van der Waals surface area contributed by atoms with Crippen molar-refractivity contribution in [2.75, 3.05) is 6.54 Å². The summed E-state index contributed by atoms with van der Waals surface area (Å²) in [6.45, 7) is 0.249. The van der Waals surface area contributed by atoms with Crippen LogP contribution in [0.5, 0.6) is 0 Å². The maximum absolute atomic E-state index is 12.2. The highest BCUT2D eigenvalue weighted by Crippen LogP contribution is 2.20. The van der Waals surface area contributed by atoms with E-state index in [1.54, 1.807) is 18.3 Å². The van der Waals surface area contributed by atoms with Crippen molar-refractivity contribution in [3.63, 3.8) is 0 Å². The molecule has 130 valence electrons. The molecule has 0 fully saturated rings. The number of fused-ring (bicyclic) bond motifs is 1. The molecule has 0 saturated heterocycles. The Morgan fingerprint density at radius 1 is 1.20 bits per heavy atom. The molecule has 6 nitrogen and oxygen atoms in total. The molecule has 3 rings (SSSR count). The van der Waals surface area contributed by atoms with Crippen LogP contribution in [0.25, 0.3) is 10.9 Å². The minimum atomic E-state index is -0.823. The van der Waals surface area contributed by atoms with Crippen molar-refractivity contribution in [1.29, 1.82) is 0 Å². The van der Waals surface area contributed by atoms with Gasteiger partial charge in [-0.25, -0.2) is 0 Å². The number of hydrogen-bond acceptors (Lipinski definition) is 3. The zero-order valence-corrected chi connectivity index (χ0v) is 14.1. The first-order valence-corrected chi connectivity index (χ1v) is 8.18. The number of nitrogens with zero attached hydrogens (tertiary/aromatic N) is 2. The zero-order chi connectivity index (χ0) is 17.8. The van der Waals surface area contributed by atoms with Crippen molar-refractivity contribution in [1.82, 2.24) is 14.5 Å². The highest BCUT2D eigenvalue weighted by Gasteiger charge is 2.12. The fraction of sp³-hybridized carbons (Fsp3) is 0.263. The number of nitrogens with one attached hydrogen (secondary N) is 1. The lowest BCUT2D eigenvalue weighted by molar-refractivity contribution is -0.120. The largest absolute Gasteiger partial charge is 0.389 e. The van der Waals surface area contributed by atoms with Crippen LogP contribution < -0.4 is 10.9 Å². The maximum Gasteiger partial charge on any atom is 0.250 e. The van der Waals surface area contributed by atoms with Crippen LogP contribution in [0.2, 0.25) is 0 Å². The molecule has 2 aromatic heterocycles. The predicted molar refractivity (Wildman–Crippen MR) is 96.3 cm³/mol. The monoisotopic (exact) mass is 339 g/mol. The van der Waals surface area contributed by atoms with Crippen LogP contribution in [-0.2, 0) is 24.8 Å². The fourth-order valence-electron chi connectivity index (χ4n) is 2.94. The molecule has 1 amide bonds. The van der Waals surface area contributed by atoms with Gasteiger partial charge in [-0.1, -0.05) is 24.3 Å². The van der Waals surface area contributed by atoms with Crippen LogP contribution in [-0.4, -0.2) is 32.8 Å². The summed E-state index contributed by atoms with van der Waals surface area (Å²) in [5.74, 6) is -0.157. The number of hydrogen-bond donors (Lipinski definition) is 2. The van der Waals surface area contributed by atoms with Gasteiger partial charge in [-0.3, -0.25) is 9.59 Å². The van der Waals surface area contributed by atoms with Gasteiger partial charge >= 0.3 is 0 Å². The summed E-state index contributed by atoms with van der Waals surface area (Å²) in [6.07, 6.45) is 2.99. The van der Waals surface area contributed by atoms with Gasteiger partial charge in [-0.05, 0) is 17.7 Å². The molecule has 1 unspecified atom stereocenters. The number of benzene rings is 1. The minimum absolute atomic E-state index is 0.102. The van der Waals surface area contributed by atoms with Crippen LogP contribution >= 0.6 is 0 Å². The van der Waals surface area contributed by atoms with E-state index >= 15 is 0 Å². The number of aryl methyl sites for hydroxylation is 1. The Balaban J connectivity index is 1.57. The number of pyridine rings is 1. The average Bonchev–Trinajstić information content (AvgIpc) is 2.91. The van der Waals surface area contributed by atoms with Gasteiger partial charge in [0.05, 0.1) is 19.1 Å². The van der Waals surface area contributed by atoms with Crippen molar-refractivity contribution in [3.05, 3.63) is 70.8 Å². The van der Waals surface area contributed by atoms with Crippen molar-refractivity contribution < 1.29 is 9.90 Å². The molecule has 0 aliphatic rings. The molecule has 25 heavy (non-hydrogen) atoms. The van der Waals surface area contributed by atoms with Crippen LogP contribution in [0, 0.1) is 0 Å². The number of para-hydroxylation sites is 1. The molecule has 0 bridgehead atoms. The van der Waals surface area contributed by atoms with E-state index in [0.29, 0.717) is 0 Å². The van der Waals surface area contributed by atoms with Gasteiger partial charge < -0.3 is 19.6 Å². The van der Waals surface area contributed by atoms with E-state index in [1.807, 2.05) is 42.1 Å². The normalized spacial score (nSPS) is 12.2. The number of aliphatic hydroxyl groups is 1. The SMILES string of the molecule is Cn1cc(CC(=O)NCC(O)Cn2ccccc2=O)c2ccccc21. The second-order valence-electron chi connectivity index (χ2n) is 6.11. The number of carbonyl (C=O) groups is 1. The summed E-state index contributed by atoms with van der Waals surface area (Å²) >= 11 is 0. The Hall–Kier alpha value is -2.86. The Kier molecular flexibility index (Phi) is 5.00. The summed E-state index contributed by atoms with van der Waals surface area (Å²) in [4.78, 5) is 23.8. The molecule has 0 aliphatic carbocycles. The summed E-state index contributed by atoms with van der Waals surface area (Å²) in [5, 5.41) is 13.8. The molecule has 0 aliphatic heterocycles. The standard InChI is InChI=1S/C19H21N3O3/c1-21-12-14(16-6-2-3-7-17(16)21)10-18(24)20-11-15(23)13-22-9-5-4-8-19(22)25/h2-9,12,15,23H,10-11,13H2,1H3,(H,20,24). The van der Waals surface area contributed by atoms with Crippen molar-refractivity contribution in [3.8, 4) is 0 Å². The van der Waals surface area contributed by atoms with E-state index in [2.05, 4.69) is 5.32 Å². The Morgan fingerprint density at radius 3 is 2.76 bits per heavy atom. The van der Waals surface area contributed by atoms with Crippen LogP contribution in [0.3, 0.4) is 0 Å². The third kappa shape index (κ3) is 3.97. The lowest BCUT2D eigenvalue weighted by atomic mass is 10.1. The van der Waals surface area contributed by atoms with Gasteiger partial charge in [0.15, 0.2) is 0 Å². The molecular weight excluding hydrogens is 318 g/mol. The van der Waals surface area contributed by atoms with Crippen LogP contribution in [0.1, 0.15) is 5.56 Å². The van der Waals surface area contributed by atoms with Gasteiger partial charge in [0.1, 0.15) is 0 Å². The van der Waals surface area contributed by atoms with Gasteiger partial charge in [0.2, 0.25) is 5.91 Å². The van der Waals surface area contributed by atoms with Gasteiger partial charge in [0, 0.05) is 43.0 Å². The number of rotatable bonds is 6. The number of aliphatic hydroxyl groups excluding tert-OH is 1. The smallest absolute Gasteiger partial charge is 0.250 e. The van der Waals surface area contributed by atoms with E-state index in [4.69, 9.17) is 0 Å². The zero-order valence-electron chi connectivity index (χ0n) is 14.1. The second-order valence-corrected chi connectivity index (χ2v) is 6.11. The number of aromatic nitrogens is 2. The first-order chi connectivity index (χ1) is 12.0. The quantitative estimate of drug-likeness (QED) is 0.705. The topological polar surface area (TPSA) is 76.3 Å². The number of carbonyl (C=O) groups excluding carboxylic acids is 1. The Labute approximate surface area is 145 Å². The summed E-state index contributed by atoms with van der Waals surface area (Å²) in [6, 6.07) is 12.7. The van der Waals surface area contributed by atoms with Gasteiger partial charge in [-0.15, -0.1) is 0 Å². The first-order valence-electron chi connectivity index (χ1n) is 8.18. The van der Waals surface area contributed by atoms with E-state index in [-0.39, 0.29) is 31.0 Å². The van der Waals surface area contributed by atoms with Crippen molar-refractivity contribution >= 4 is 16.8 Å². The fourth-order valence-corrected chi connectivity index (χ4v) is 2.94. The third-order valence-electron chi connectivity index (χ3n) is 4.17. The van der Waals surface area contributed by atoms with E-state index in [1.165, 1.54) is 10.6 Å². The number of amides is 1. The molecular formula is C19H21N3O3. The lowest BCUT2D eigenvalue weighted by Crippen LogP contribution is -2.37. The van der Waals surface area contributed by atoms with Crippen molar-refractivity contribution in [2.24, 2.45) is 7.05 Å². The first kappa shape index (κ1) is 17.0. The van der Waals surface area contributed by atoms with E-state index in [9.17, 15) is 14.7 Å². The third-order valence-corrected chi connectivity index (χ3v) is 4.17. The predicted octanol–water partition coefficient (Wildman–Crippen LogP) is 1.06.